The average molecular weight is 345 g/mol. The molecule has 26 heavy (non-hydrogen) atoms. The zero-order valence-electron chi connectivity index (χ0n) is 14.7. The molecule has 1 aliphatic rings. The highest BCUT2D eigenvalue weighted by Gasteiger charge is 2.23. The van der Waals surface area contributed by atoms with E-state index in [4.69, 9.17) is 0 Å². The molecule has 0 spiro atoms. The van der Waals surface area contributed by atoms with Crippen molar-refractivity contribution in [2.75, 3.05) is 24.3 Å². The summed E-state index contributed by atoms with van der Waals surface area (Å²) in [6, 6.07) is 12.0. The van der Waals surface area contributed by atoms with E-state index in [1.165, 1.54) is 5.56 Å². The molecular weight excluding hydrogens is 326 g/mol. The topological polar surface area (TPSA) is 70.2 Å². The number of anilines is 3. The number of amides is 1. The Hall–Kier alpha value is -3.41. The predicted molar refractivity (Wildman–Crippen MR) is 103 cm³/mol. The molecule has 1 aliphatic heterocycles. The van der Waals surface area contributed by atoms with Crippen molar-refractivity contribution < 1.29 is 4.79 Å². The van der Waals surface area contributed by atoms with Gasteiger partial charge < -0.3 is 15.5 Å². The van der Waals surface area contributed by atoms with Gasteiger partial charge in [0.05, 0.1) is 28.3 Å². The molecular formula is C20H19N5O. The van der Waals surface area contributed by atoms with Crippen LogP contribution in [0.2, 0.25) is 0 Å². The summed E-state index contributed by atoms with van der Waals surface area (Å²) < 4.78 is 0. The molecule has 3 aromatic rings. The number of hydrogen-bond donors (Lipinski definition) is 2. The first-order valence-corrected chi connectivity index (χ1v) is 8.40. The number of rotatable bonds is 3. The minimum atomic E-state index is -0.175. The van der Waals surface area contributed by atoms with E-state index in [2.05, 4.69) is 44.7 Å². The van der Waals surface area contributed by atoms with Crippen LogP contribution in [0.25, 0.3) is 11.3 Å². The van der Waals surface area contributed by atoms with Crippen molar-refractivity contribution in [2.24, 2.45) is 0 Å². The van der Waals surface area contributed by atoms with Crippen LogP contribution in [0.3, 0.4) is 0 Å². The van der Waals surface area contributed by atoms with Crippen LogP contribution in [0.1, 0.15) is 15.9 Å². The Labute approximate surface area is 151 Å². The highest BCUT2D eigenvalue weighted by Crippen LogP contribution is 2.42. The van der Waals surface area contributed by atoms with E-state index in [9.17, 15) is 4.79 Å². The van der Waals surface area contributed by atoms with Crippen LogP contribution in [0.15, 0.2) is 55.0 Å². The molecule has 6 heteroatoms. The fourth-order valence-corrected chi connectivity index (χ4v) is 3.35. The van der Waals surface area contributed by atoms with Gasteiger partial charge in [-0.2, -0.15) is 0 Å². The van der Waals surface area contributed by atoms with Crippen LogP contribution in [0.4, 0.5) is 17.1 Å². The molecule has 0 saturated carbocycles. The molecule has 130 valence electrons. The third-order valence-electron chi connectivity index (χ3n) is 4.53. The normalized spacial score (nSPS) is 12.2. The van der Waals surface area contributed by atoms with Crippen molar-refractivity contribution in [1.29, 1.82) is 0 Å². The lowest BCUT2D eigenvalue weighted by molar-refractivity contribution is 0.0963. The quantitative estimate of drug-likeness (QED) is 0.763. The van der Waals surface area contributed by atoms with Crippen molar-refractivity contribution in [2.45, 2.75) is 6.54 Å². The van der Waals surface area contributed by atoms with Crippen molar-refractivity contribution in [3.05, 3.63) is 66.1 Å². The third-order valence-corrected chi connectivity index (χ3v) is 4.53. The summed E-state index contributed by atoms with van der Waals surface area (Å²) in [5, 5.41) is 6.06. The minimum Gasteiger partial charge on any atom is -0.368 e. The zero-order chi connectivity index (χ0) is 18.1. The number of aromatic nitrogens is 2. The Morgan fingerprint density at radius 2 is 2.00 bits per heavy atom. The van der Waals surface area contributed by atoms with Gasteiger partial charge in [-0.25, -0.2) is 0 Å². The smallest absolute Gasteiger partial charge is 0.254 e. The largest absolute Gasteiger partial charge is 0.368 e. The molecule has 4 rings (SSSR count). The van der Waals surface area contributed by atoms with Gasteiger partial charge >= 0.3 is 0 Å². The second kappa shape index (κ2) is 6.48. The Bertz CT molecular complexity index is 985. The number of nitrogens with zero attached hydrogens (tertiary/aromatic N) is 3. The summed E-state index contributed by atoms with van der Waals surface area (Å²) in [4.78, 5) is 23.0. The molecule has 3 heterocycles. The number of hydrogen-bond acceptors (Lipinski definition) is 5. The summed E-state index contributed by atoms with van der Waals surface area (Å²) in [7, 11) is 3.67. The van der Waals surface area contributed by atoms with Crippen molar-refractivity contribution in [3.8, 4) is 11.3 Å². The second-order valence-electron chi connectivity index (χ2n) is 6.19. The first-order valence-electron chi connectivity index (χ1n) is 8.40. The summed E-state index contributed by atoms with van der Waals surface area (Å²) in [5.74, 6) is -0.175. The maximum absolute atomic E-state index is 12.1. The van der Waals surface area contributed by atoms with Crippen LogP contribution in [-0.2, 0) is 6.54 Å². The SMILES string of the molecule is CNC(=O)c1cnccc1Nc1cccc2c1N(C)Cc1cccnc1-2. The summed E-state index contributed by atoms with van der Waals surface area (Å²) in [6.45, 7) is 0.785. The van der Waals surface area contributed by atoms with E-state index in [1.54, 1.807) is 25.5 Å². The van der Waals surface area contributed by atoms with E-state index < -0.39 is 0 Å². The lowest BCUT2D eigenvalue weighted by Crippen LogP contribution is -2.23. The van der Waals surface area contributed by atoms with E-state index in [0.29, 0.717) is 11.3 Å². The number of benzene rings is 1. The van der Waals surface area contributed by atoms with Crippen LogP contribution < -0.4 is 15.5 Å². The van der Waals surface area contributed by atoms with Crippen molar-refractivity contribution in [3.63, 3.8) is 0 Å². The fraction of sp³-hybridized carbons (Fsp3) is 0.150. The van der Waals surface area contributed by atoms with Crippen LogP contribution in [-0.4, -0.2) is 30.0 Å². The van der Waals surface area contributed by atoms with E-state index >= 15 is 0 Å². The van der Waals surface area contributed by atoms with Crippen LogP contribution in [0, 0.1) is 0 Å². The number of pyridine rings is 2. The molecule has 0 radical (unpaired) electrons. The molecule has 6 nitrogen and oxygen atoms in total. The molecule has 2 aromatic heterocycles. The average Bonchev–Trinajstić information content (AvgIpc) is 2.68. The molecule has 0 fully saturated rings. The molecule has 0 atom stereocenters. The van der Waals surface area contributed by atoms with Crippen molar-refractivity contribution >= 4 is 23.0 Å². The predicted octanol–water partition coefficient (Wildman–Crippen LogP) is 3.20. The molecule has 1 amide bonds. The van der Waals surface area contributed by atoms with Gasteiger partial charge in [0.15, 0.2) is 0 Å². The first kappa shape index (κ1) is 16.1. The van der Waals surface area contributed by atoms with E-state index in [-0.39, 0.29) is 5.91 Å². The van der Waals surface area contributed by atoms with Gasteiger partial charge in [0, 0.05) is 44.8 Å². The monoisotopic (exact) mass is 345 g/mol. The Kier molecular flexibility index (Phi) is 4.01. The standard InChI is InChI=1S/C20H19N5O/c1-21-20(26)15-11-22-10-8-16(15)24-17-7-3-6-14-18-13(5-4-9-23-18)12-25(2)19(14)17/h3-11H,12H2,1-2H3,(H,21,26)(H,22,24). The number of fused-ring (bicyclic) bond motifs is 3. The minimum absolute atomic E-state index is 0.175. The molecule has 0 saturated heterocycles. The summed E-state index contributed by atoms with van der Waals surface area (Å²) >= 11 is 0. The highest BCUT2D eigenvalue weighted by atomic mass is 16.1. The molecule has 2 N–H and O–H groups in total. The van der Waals surface area contributed by atoms with Crippen LogP contribution in [0.5, 0.6) is 0 Å². The van der Waals surface area contributed by atoms with Gasteiger partial charge in [0.1, 0.15) is 0 Å². The first-order chi connectivity index (χ1) is 12.7. The number of carbonyl (C=O) groups excluding carboxylic acids is 1. The van der Waals surface area contributed by atoms with Gasteiger partial charge in [0.2, 0.25) is 0 Å². The lowest BCUT2D eigenvalue weighted by Gasteiger charge is -2.31. The molecule has 0 unspecified atom stereocenters. The van der Waals surface area contributed by atoms with E-state index in [1.807, 2.05) is 24.4 Å². The van der Waals surface area contributed by atoms with Gasteiger partial charge in [-0.3, -0.25) is 14.8 Å². The van der Waals surface area contributed by atoms with Crippen molar-refractivity contribution in [1.82, 2.24) is 15.3 Å². The van der Waals surface area contributed by atoms with Gasteiger partial charge in [-0.15, -0.1) is 0 Å². The fourth-order valence-electron chi connectivity index (χ4n) is 3.35. The Morgan fingerprint density at radius 1 is 1.12 bits per heavy atom. The van der Waals surface area contributed by atoms with E-state index in [0.717, 1.165) is 29.2 Å². The summed E-state index contributed by atoms with van der Waals surface area (Å²) in [6.07, 6.45) is 5.06. The number of nitrogens with one attached hydrogen (secondary N) is 2. The third kappa shape index (κ3) is 2.65. The second-order valence-corrected chi connectivity index (χ2v) is 6.19. The molecule has 1 aromatic carbocycles. The Morgan fingerprint density at radius 3 is 2.85 bits per heavy atom. The van der Waals surface area contributed by atoms with Gasteiger partial charge in [-0.1, -0.05) is 18.2 Å². The highest BCUT2D eigenvalue weighted by molar-refractivity contribution is 6.01. The molecule has 0 aliphatic carbocycles. The van der Waals surface area contributed by atoms with Gasteiger partial charge in [0.25, 0.3) is 5.91 Å². The van der Waals surface area contributed by atoms with Crippen LogP contribution >= 0.6 is 0 Å². The maximum atomic E-state index is 12.1. The van der Waals surface area contributed by atoms with Gasteiger partial charge in [-0.05, 0) is 23.8 Å². The maximum Gasteiger partial charge on any atom is 0.254 e. The number of para-hydroxylation sites is 1. The Balaban J connectivity index is 1.81. The zero-order valence-corrected chi connectivity index (χ0v) is 14.7. The number of carbonyl (C=O) groups is 1. The summed E-state index contributed by atoms with van der Waals surface area (Å²) in [5.41, 5.74) is 6.50. The molecule has 0 bridgehead atoms. The lowest BCUT2D eigenvalue weighted by atomic mass is 9.97.